The van der Waals surface area contributed by atoms with E-state index in [1.165, 1.54) is 25.7 Å². The SMILES string of the molecule is C/C(=N/NC(=S)N1CCCCCC1)c1ccccc1O. The van der Waals surface area contributed by atoms with Gasteiger partial charge in [-0.15, -0.1) is 0 Å². The van der Waals surface area contributed by atoms with Crippen molar-refractivity contribution in [2.75, 3.05) is 13.1 Å². The highest BCUT2D eigenvalue weighted by Crippen LogP contribution is 2.16. The van der Waals surface area contributed by atoms with Crippen molar-refractivity contribution in [2.45, 2.75) is 32.6 Å². The van der Waals surface area contributed by atoms with Gasteiger partial charge in [0.15, 0.2) is 5.11 Å². The summed E-state index contributed by atoms with van der Waals surface area (Å²) in [5, 5.41) is 14.7. The maximum absolute atomic E-state index is 9.78. The molecule has 0 unspecified atom stereocenters. The number of nitrogens with zero attached hydrogens (tertiary/aromatic N) is 2. The van der Waals surface area contributed by atoms with Crippen LogP contribution < -0.4 is 5.43 Å². The number of benzene rings is 1. The quantitative estimate of drug-likeness (QED) is 0.500. The van der Waals surface area contributed by atoms with Crippen LogP contribution in [0.3, 0.4) is 0 Å². The van der Waals surface area contributed by atoms with Crippen molar-refractivity contribution in [1.29, 1.82) is 0 Å². The van der Waals surface area contributed by atoms with Crippen molar-refractivity contribution >= 4 is 23.0 Å². The summed E-state index contributed by atoms with van der Waals surface area (Å²) in [6.07, 6.45) is 4.92. The molecule has 2 rings (SSSR count). The molecular weight excluding hydrogens is 270 g/mol. The summed E-state index contributed by atoms with van der Waals surface area (Å²) in [6.45, 7) is 3.85. The number of thiocarbonyl (C=S) groups is 1. The predicted octanol–water partition coefficient (Wildman–Crippen LogP) is 2.87. The number of hydrazone groups is 1. The van der Waals surface area contributed by atoms with E-state index in [2.05, 4.69) is 15.4 Å². The molecule has 0 bridgehead atoms. The minimum Gasteiger partial charge on any atom is -0.507 e. The van der Waals surface area contributed by atoms with E-state index < -0.39 is 0 Å². The highest BCUT2D eigenvalue weighted by atomic mass is 32.1. The van der Waals surface area contributed by atoms with Crippen LogP contribution in [0.5, 0.6) is 5.75 Å². The van der Waals surface area contributed by atoms with Crippen LogP contribution in [0, 0.1) is 0 Å². The van der Waals surface area contributed by atoms with Crippen LogP contribution in [0.25, 0.3) is 0 Å². The zero-order chi connectivity index (χ0) is 14.4. The molecule has 0 atom stereocenters. The average molecular weight is 291 g/mol. The molecule has 1 aromatic rings. The lowest BCUT2D eigenvalue weighted by molar-refractivity contribution is 0.428. The van der Waals surface area contributed by atoms with Crippen molar-refractivity contribution in [3.05, 3.63) is 29.8 Å². The molecule has 0 aliphatic carbocycles. The van der Waals surface area contributed by atoms with E-state index in [1.807, 2.05) is 19.1 Å². The third kappa shape index (κ3) is 3.93. The number of hydrogen-bond donors (Lipinski definition) is 2. The predicted molar refractivity (Wildman–Crippen MR) is 86.1 cm³/mol. The normalized spacial score (nSPS) is 16.6. The fourth-order valence-electron chi connectivity index (χ4n) is 2.32. The highest BCUT2D eigenvalue weighted by molar-refractivity contribution is 7.80. The molecule has 0 spiro atoms. The molecule has 0 aromatic heterocycles. The number of hydrogen-bond acceptors (Lipinski definition) is 3. The van der Waals surface area contributed by atoms with Crippen molar-refractivity contribution in [2.24, 2.45) is 5.10 Å². The molecule has 20 heavy (non-hydrogen) atoms. The van der Waals surface area contributed by atoms with Gasteiger partial charge in [0.05, 0.1) is 5.71 Å². The number of para-hydroxylation sites is 1. The third-order valence-corrected chi connectivity index (χ3v) is 3.86. The van der Waals surface area contributed by atoms with E-state index in [-0.39, 0.29) is 5.75 Å². The Morgan fingerprint density at radius 2 is 1.85 bits per heavy atom. The molecule has 1 aliphatic heterocycles. The highest BCUT2D eigenvalue weighted by Gasteiger charge is 2.12. The van der Waals surface area contributed by atoms with E-state index in [9.17, 15) is 5.11 Å². The Kier molecular flexibility index (Phi) is 5.35. The van der Waals surface area contributed by atoms with Gasteiger partial charge < -0.3 is 10.0 Å². The van der Waals surface area contributed by atoms with Gasteiger partial charge in [0.2, 0.25) is 0 Å². The van der Waals surface area contributed by atoms with Crippen molar-refractivity contribution in [3.8, 4) is 5.75 Å². The van der Waals surface area contributed by atoms with Crippen LogP contribution in [0.15, 0.2) is 29.4 Å². The Balaban J connectivity index is 1.97. The second-order valence-electron chi connectivity index (χ2n) is 5.03. The second kappa shape index (κ2) is 7.24. The summed E-state index contributed by atoms with van der Waals surface area (Å²) in [5.74, 6) is 0.233. The standard InChI is InChI=1S/C15H21N3OS/c1-12(13-8-4-5-9-14(13)19)16-17-15(20)18-10-6-2-3-7-11-18/h4-5,8-9,19H,2-3,6-7,10-11H2,1H3,(H,17,20)/b16-12-. The lowest BCUT2D eigenvalue weighted by Crippen LogP contribution is -2.38. The van der Waals surface area contributed by atoms with Crippen LogP contribution in [0.4, 0.5) is 0 Å². The van der Waals surface area contributed by atoms with Crippen molar-refractivity contribution in [3.63, 3.8) is 0 Å². The number of aromatic hydroxyl groups is 1. The van der Waals surface area contributed by atoms with Crippen LogP contribution in [0.2, 0.25) is 0 Å². The molecule has 0 amide bonds. The lowest BCUT2D eigenvalue weighted by atomic mass is 10.1. The molecule has 1 aliphatic rings. The minimum atomic E-state index is 0.233. The van der Waals surface area contributed by atoms with Crippen molar-refractivity contribution < 1.29 is 5.11 Å². The van der Waals surface area contributed by atoms with Gasteiger partial charge in [-0.05, 0) is 44.1 Å². The van der Waals surface area contributed by atoms with Gasteiger partial charge >= 0.3 is 0 Å². The lowest BCUT2D eigenvalue weighted by Gasteiger charge is -2.22. The zero-order valence-electron chi connectivity index (χ0n) is 11.8. The fraction of sp³-hybridized carbons (Fsp3) is 0.467. The van der Waals surface area contributed by atoms with Gasteiger partial charge in [0.1, 0.15) is 5.75 Å². The molecule has 108 valence electrons. The molecule has 2 N–H and O–H groups in total. The monoisotopic (exact) mass is 291 g/mol. The molecule has 5 heteroatoms. The first kappa shape index (κ1) is 14.8. The number of likely N-dealkylation sites (tertiary alicyclic amines) is 1. The molecule has 1 aromatic carbocycles. The minimum absolute atomic E-state index is 0.233. The summed E-state index contributed by atoms with van der Waals surface area (Å²) in [7, 11) is 0. The summed E-state index contributed by atoms with van der Waals surface area (Å²) in [4.78, 5) is 2.17. The van der Waals surface area contributed by atoms with E-state index in [4.69, 9.17) is 12.2 Å². The Hall–Kier alpha value is -1.62. The van der Waals surface area contributed by atoms with Crippen LogP contribution in [-0.2, 0) is 0 Å². The largest absolute Gasteiger partial charge is 0.507 e. The van der Waals surface area contributed by atoms with Gasteiger partial charge in [-0.2, -0.15) is 5.10 Å². The Bertz CT molecular complexity index is 494. The molecule has 1 fully saturated rings. The van der Waals surface area contributed by atoms with Gasteiger partial charge in [-0.3, -0.25) is 5.43 Å². The van der Waals surface area contributed by atoms with E-state index in [0.29, 0.717) is 5.11 Å². The first-order valence-corrected chi connectivity index (χ1v) is 7.47. The summed E-state index contributed by atoms with van der Waals surface area (Å²) >= 11 is 5.38. The Morgan fingerprint density at radius 3 is 2.50 bits per heavy atom. The van der Waals surface area contributed by atoms with Crippen LogP contribution in [0.1, 0.15) is 38.2 Å². The summed E-state index contributed by atoms with van der Waals surface area (Å²) in [6, 6.07) is 7.16. The van der Waals surface area contributed by atoms with Crippen LogP contribution >= 0.6 is 12.2 Å². The topological polar surface area (TPSA) is 47.9 Å². The third-order valence-electron chi connectivity index (χ3n) is 3.51. The maximum atomic E-state index is 9.78. The smallest absolute Gasteiger partial charge is 0.189 e. The van der Waals surface area contributed by atoms with Gasteiger partial charge in [-0.1, -0.05) is 25.0 Å². The number of nitrogens with one attached hydrogen (secondary N) is 1. The number of phenols is 1. The number of phenolic OH excluding ortho intramolecular Hbond substituents is 1. The van der Waals surface area contributed by atoms with E-state index in [1.54, 1.807) is 12.1 Å². The first-order valence-electron chi connectivity index (χ1n) is 7.06. The average Bonchev–Trinajstić information content (AvgIpc) is 2.74. The van der Waals surface area contributed by atoms with Gasteiger partial charge in [0.25, 0.3) is 0 Å². The molecular formula is C15H21N3OS. The maximum Gasteiger partial charge on any atom is 0.189 e. The summed E-state index contributed by atoms with van der Waals surface area (Å²) < 4.78 is 0. The van der Waals surface area contributed by atoms with E-state index in [0.717, 1.165) is 24.4 Å². The van der Waals surface area contributed by atoms with Crippen molar-refractivity contribution in [1.82, 2.24) is 10.3 Å². The molecule has 1 heterocycles. The van der Waals surface area contributed by atoms with Gasteiger partial charge in [0, 0.05) is 18.7 Å². The molecule has 0 saturated carbocycles. The molecule has 0 radical (unpaired) electrons. The second-order valence-corrected chi connectivity index (χ2v) is 5.42. The Morgan fingerprint density at radius 1 is 1.20 bits per heavy atom. The molecule has 4 nitrogen and oxygen atoms in total. The fourth-order valence-corrected chi connectivity index (χ4v) is 2.54. The molecule has 1 saturated heterocycles. The summed E-state index contributed by atoms with van der Waals surface area (Å²) in [5.41, 5.74) is 4.38. The first-order chi connectivity index (χ1) is 9.68. The number of rotatable bonds is 2. The van der Waals surface area contributed by atoms with E-state index >= 15 is 0 Å². The zero-order valence-corrected chi connectivity index (χ0v) is 12.6. The Labute approximate surface area is 125 Å². The van der Waals surface area contributed by atoms with Gasteiger partial charge in [-0.25, -0.2) is 0 Å². The van der Waals surface area contributed by atoms with Crippen LogP contribution in [-0.4, -0.2) is 33.9 Å².